The fourth-order valence-electron chi connectivity index (χ4n) is 2.05. The molecule has 0 unspecified atom stereocenters. The van der Waals surface area contributed by atoms with Crippen molar-refractivity contribution >= 4 is 23.4 Å². The summed E-state index contributed by atoms with van der Waals surface area (Å²) in [5.74, 6) is -1.50. The Morgan fingerprint density at radius 3 is 2.48 bits per heavy atom. The van der Waals surface area contributed by atoms with Crippen LogP contribution in [0.2, 0.25) is 0 Å². The zero-order valence-electron chi connectivity index (χ0n) is 14.1. The summed E-state index contributed by atoms with van der Waals surface area (Å²) in [6, 6.07) is 5.27. The Labute approximate surface area is 148 Å². The first kappa shape index (κ1) is 18.9. The van der Waals surface area contributed by atoms with Crippen LogP contribution in [0, 0.1) is 5.82 Å². The third kappa shape index (κ3) is 5.82. The number of carbonyl (C=O) groups is 2. The van der Waals surface area contributed by atoms with Crippen molar-refractivity contribution in [3.05, 3.63) is 51.7 Å². The Balaban J connectivity index is 2.21. The highest BCUT2D eigenvalue weighted by Crippen LogP contribution is 2.23. The van der Waals surface area contributed by atoms with Crippen LogP contribution in [-0.2, 0) is 11.2 Å². The number of alkyl carbamates (subject to hydrolysis) is 1. The summed E-state index contributed by atoms with van der Waals surface area (Å²) in [5.41, 5.74) is 0.0178. The molecule has 6 nitrogen and oxygen atoms in total. The number of nitrogens with one attached hydrogen (secondary N) is 1. The second-order valence-electron chi connectivity index (χ2n) is 6.41. The summed E-state index contributed by atoms with van der Waals surface area (Å²) in [4.78, 5) is 27.2. The van der Waals surface area contributed by atoms with Gasteiger partial charge in [0.25, 0.3) is 0 Å². The SMILES string of the molecule is CC(C)(C)OC(=O)N[C@@H](Cc1ccc(F)cc1)c1nc(C(=O)O)cs1. The Morgan fingerprint density at radius 2 is 1.96 bits per heavy atom. The smallest absolute Gasteiger partial charge is 0.408 e. The zero-order chi connectivity index (χ0) is 18.6. The molecule has 1 aromatic heterocycles. The first-order valence-electron chi connectivity index (χ1n) is 7.57. The summed E-state index contributed by atoms with van der Waals surface area (Å²) in [5, 5.41) is 13.6. The highest BCUT2D eigenvalue weighted by Gasteiger charge is 2.24. The molecule has 0 aliphatic rings. The van der Waals surface area contributed by atoms with Gasteiger partial charge >= 0.3 is 12.1 Å². The number of aromatic carboxylic acids is 1. The van der Waals surface area contributed by atoms with Crippen LogP contribution >= 0.6 is 11.3 Å². The molecule has 25 heavy (non-hydrogen) atoms. The molecule has 1 amide bonds. The molecule has 1 atom stereocenters. The van der Waals surface area contributed by atoms with Crippen molar-refractivity contribution in [3.63, 3.8) is 0 Å². The lowest BCUT2D eigenvalue weighted by Gasteiger charge is -2.23. The molecule has 0 saturated heterocycles. The quantitative estimate of drug-likeness (QED) is 0.840. The maximum atomic E-state index is 13.1. The minimum absolute atomic E-state index is 0.0879. The summed E-state index contributed by atoms with van der Waals surface area (Å²) in [6.07, 6.45) is -0.307. The molecular weight excluding hydrogens is 347 g/mol. The Bertz CT molecular complexity index is 753. The van der Waals surface area contributed by atoms with Crippen LogP contribution < -0.4 is 5.32 Å². The van der Waals surface area contributed by atoms with Gasteiger partial charge in [0.15, 0.2) is 5.69 Å². The van der Waals surface area contributed by atoms with Gasteiger partial charge in [0.05, 0.1) is 6.04 Å². The molecular formula is C17H19FN2O4S. The van der Waals surface area contributed by atoms with Crippen molar-refractivity contribution in [1.82, 2.24) is 10.3 Å². The Morgan fingerprint density at radius 1 is 1.32 bits per heavy atom. The molecule has 8 heteroatoms. The minimum atomic E-state index is -1.14. The lowest BCUT2D eigenvalue weighted by Crippen LogP contribution is -2.35. The number of carbonyl (C=O) groups excluding carboxylic acids is 1. The van der Waals surface area contributed by atoms with Crippen LogP contribution in [0.25, 0.3) is 0 Å². The van der Waals surface area contributed by atoms with Gasteiger partial charge in [-0.2, -0.15) is 0 Å². The number of aromatic nitrogens is 1. The number of hydrogen-bond acceptors (Lipinski definition) is 5. The highest BCUT2D eigenvalue weighted by molar-refractivity contribution is 7.09. The summed E-state index contributed by atoms with van der Waals surface area (Å²) < 4.78 is 18.3. The summed E-state index contributed by atoms with van der Waals surface area (Å²) in [6.45, 7) is 5.23. The van der Waals surface area contributed by atoms with Gasteiger partial charge in [-0.1, -0.05) is 12.1 Å². The van der Waals surface area contributed by atoms with Gasteiger partial charge in [-0.3, -0.25) is 0 Å². The number of benzene rings is 1. The van der Waals surface area contributed by atoms with E-state index < -0.39 is 23.7 Å². The van der Waals surface area contributed by atoms with Crippen molar-refractivity contribution in [3.8, 4) is 0 Å². The predicted molar refractivity (Wildman–Crippen MR) is 91.3 cm³/mol. The van der Waals surface area contributed by atoms with E-state index in [1.54, 1.807) is 32.9 Å². The van der Waals surface area contributed by atoms with E-state index in [1.807, 2.05) is 0 Å². The van der Waals surface area contributed by atoms with Crippen molar-refractivity contribution in [2.24, 2.45) is 0 Å². The van der Waals surface area contributed by atoms with E-state index in [0.29, 0.717) is 11.4 Å². The maximum Gasteiger partial charge on any atom is 0.408 e. The van der Waals surface area contributed by atoms with Gasteiger partial charge in [-0.15, -0.1) is 11.3 Å². The Hall–Kier alpha value is -2.48. The van der Waals surface area contributed by atoms with Crippen molar-refractivity contribution in [2.45, 2.75) is 38.8 Å². The lowest BCUT2D eigenvalue weighted by atomic mass is 10.1. The molecule has 1 aromatic carbocycles. The third-order valence-corrected chi connectivity index (χ3v) is 4.04. The molecule has 0 radical (unpaired) electrons. The first-order valence-corrected chi connectivity index (χ1v) is 8.44. The van der Waals surface area contributed by atoms with E-state index >= 15 is 0 Å². The van der Waals surface area contributed by atoms with E-state index in [2.05, 4.69) is 10.3 Å². The number of nitrogens with zero attached hydrogens (tertiary/aromatic N) is 1. The Kier molecular flexibility index (Phi) is 5.73. The van der Waals surface area contributed by atoms with Crippen LogP contribution in [0.4, 0.5) is 9.18 Å². The van der Waals surface area contributed by atoms with E-state index in [9.17, 15) is 14.0 Å². The van der Waals surface area contributed by atoms with E-state index in [0.717, 1.165) is 16.9 Å². The van der Waals surface area contributed by atoms with Gasteiger partial charge in [0.1, 0.15) is 16.4 Å². The number of amides is 1. The number of hydrogen-bond donors (Lipinski definition) is 2. The molecule has 0 bridgehead atoms. The van der Waals surface area contributed by atoms with Gasteiger partial charge in [-0.05, 0) is 44.9 Å². The average Bonchev–Trinajstić information content (AvgIpc) is 2.97. The largest absolute Gasteiger partial charge is 0.476 e. The number of halogens is 1. The molecule has 0 fully saturated rings. The van der Waals surface area contributed by atoms with Crippen LogP contribution in [-0.4, -0.2) is 27.8 Å². The normalized spacial score (nSPS) is 12.5. The fourth-order valence-corrected chi connectivity index (χ4v) is 2.90. The topological polar surface area (TPSA) is 88.5 Å². The van der Waals surface area contributed by atoms with Crippen molar-refractivity contribution < 1.29 is 23.8 Å². The number of thiazole rings is 1. The fraction of sp³-hybridized carbons (Fsp3) is 0.353. The lowest BCUT2D eigenvalue weighted by molar-refractivity contribution is 0.0503. The van der Waals surface area contributed by atoms with Crippen LogP contribution in [0.3, 0.4) is 0 Å². The highest BCUT2D eigenvalue weighted by atomic mass is 32.1. The number of rotatable bonds is 5. The number of ether oxygens (including phenoxy) is 1. The zero-order valence-corrected chi connectivity index (χ0v) is 14.9. The van der Waals surface area contributed by atoms with Gasteiger partial charge < -0.3 is 15.2 Å². The van der Waals surface area contributed by atoms with Crippen LogP contribution in [0.1, 0.15) is 47.9 Å². The molecule has 1 heterocycles. The van der Waals surface area contributed by atoms with Gasteiger partial charge in [0.2, 0.25) is 0 Å². The first-order chi connectivity index (χ1) is 11.6. The van der Waals surface area contributed by atoms with E-state index in [-0.39, 0.29) is 11.5 Å². The van der Waals surface area contributed by atoms with Gasteiger partial charge in [0, 0.05) is 5.38 Å². The average molecular weight is 366 g/mol. The van der Waals surface area contributed by atoms with E-state index in [1.165, 1.54) is 17.5 Å². The summed E-state index contributed by atoms with van der Waals surface area (Å²) >= 11 is 1.13. The molecule has 0 spiro atoms. The van der Waals surface area contributed by atoms with Crippen LogP contribution in [0.15, 0.2) is 29.6 Å². The molecule has 0 aliphatic carbocycles. The third-order valence-electron chi connectivity index (χ3n) is 3.08. The molecule has 0 aliphatic heterocycles. The summed E-state index contributed by atoms with van der Waals surface area (Å²) in [7, 11) is 0. The van der Waals surface area contributed by atoms with Crippen molar-refractivity contribution in [2.75, 3.05) is 0 Å². The molecule has 2 rings (SSSR count). The standard InChI is InChI=1S/C17H19FN2O4S/c1-17(2,3)24-16(23)20-12(8-10-4-6-11(18)7-5-10)14-19-13(9-25-14)15(21)22/h4-7,9,12H,8H2,1-3H3,(H,20,23)(H,21,22)/t12-/m0/s1. The predicted octanol–water partition coefficient (Wildman–Crippen LogP) is 3.79. The van der Waals surface area contributed by atoms with Gasteiger partial charge in [-0.25, -0.2) is 19.0 Å². The second kappa shape index (κ2) is 7.60. The maximum absolute atomic E-state index is 13.1. The molecule has 134 valence electrons. The van der Waals surface area contributed by atoms with E-state index in [4.69, 9.17) is 9.84 Å². The van der Waals surface area contributed by atoms with Crippen LogP contribution in [0.5, 0.6) is 0 Å². The minimum Gasteiger partial charge on any atom is -0.476 e. The monoisotopic (exact) mass is 366 g/mol. The second-order valence-corrected chi connectivity index (χ2v) is 7.30. The number of carboxylic acids is 1. The molecule has 2 aromatic rings. The van der Waals surface area contributed by atoms with Crippen molar-refractivity contribution in [1.29, 1.82) is 0 Å². The number of carboxylic acid groups (broad SMARTS) is 1. The molecule has 0 saturated carbocycles. The molecule has 2 N–H and O–H groups in total.